The zero-order valence-corrected chi connectivity index (χ0v) is 12.7. The summed E-state index contributed by atoms with van der Waals surface area (Å²) in [4.78, 5) is 13.8. The molecule has 0 fully saturated rings. The Morgan fingerprint density at radius 3 is 2.79 bits per heavy atom. The third kappa shape index (κ3) is 6.04. The second-order valence-electron chi connectivity index (χ2n) is 4.33. The van der Waals surface area contributed by atoms with Crippen molar-refractivity contribution >= 4 is 21.8 Å². The molecule has 0 saturated carbocycles. The van der Waals surface area contributed by atoms with E-state index in [4.69, 9.17) is 4.74 Å². The lowest BCUT2D eigenvalue weighted by molar-refractivity contribution is 0.0898. The van der Waals surface area contributed by atoms with E-state index in [0.717, 1.165) is 11.0 Å². The first kappa shape index (κ1) is 15.9. The monoisotopic (exact) mass is 330 g/mol. The number of hydrogen-bond donors (Lipinski definition) is 2. The van der Waals surface area contributed by atoms with Gasteiger partial charge in [-0.25, -0.2) is 0 Å². The molecule has 6 heteroatoms. The van der Waals surface area contributed by atoms with Gasteiger partial charge in [0, 0.05) is 17.6 Å². The standard InChI is InChI=1S/C13H19BrN2O3/c1-16(2)6-8-19-7-5-15-13(18)11-4-3-10(14)9-12(11)17/h3-4,9,17H,5-8H2,1-2H3,(H,15,18). The molecule has 0 unspecified atom stereocenters. The lowest BCUT2D eigenvalue weighted by Gasteiger charge is -2.10. The maximum absolute atomic E-state index is 11.8. The molecule has 1 aromatic rings. The number of nitrogens with one attached hydrogen (secondary N) is 1. The van der Waals surface area contributed by atoms with Crippen molar-refractivity contribution in [2.75, 3.05) is 40.4 Å². The molecular weight excluding hydrogens is 312 g/mol. The van der Waals surface area contributed by atoms with Crippen LogP contribution in [0.2, 0.25) is 0 Å². The molecule has 0 aliphatic heterocycles. The van der Waals surface area contributed by atoms with Gasteiger partial charge in [-0.3, -0.25) is 4.79 Å². The second kappa shape index (κ2) is 8.14. The predicted molar refractivity (Wildman–Crippen MR) is 77.5 cm³/mol. The number of phenols is 1. The van der Waals surface area contributed by atoms with E-state index < -0.39 is 0 Å². The number of phenolic OH excluding ortho intramolecular Hbond substituents is 1. The average Bonchev–Trinajstić information content (AvgIpc) is 2.32. The van der Waals surface area contributed by atoms with Gasteiger partial charge in [0.05, 0.1) is 18.8 Å². The minimum atomic E-state index is -0.304. The lowest BCUT2D eigenvalue weighted by Crippen LogP contribution is -2.28. The minimum absolute atomic E-state index is 0.0413. The number of likely N-dealkylation sites (N-methyl/N-ethyl adjacent to an activating group) is 1. The van der Waals surface area contributed by atoms with E-state index in [1.54, 1.807) is 12.1 Å². The Labute approximate surface area is 121 Å². The van der Waals surface area contributed by atoms with Crippen LogP contribution < -0.4 is 5.32 Å². The number of nitrogens with zero attached hydrogens (tertiary/aromatic N) is 1. The number of benzene rings is 1. The number of aromatic hydroxyl groups is 1. The number of halogens is 1. The van der Waals surface area contributed by atoms with Crippen molar-refractivity contribution in [3.8, 4) is 5.75 Å². The molecule has 1 amide bonds. The number of rotatable bonds is 7. The van der Waals surface area contributed by atoms with Crippen LogP contribution in [0.5, 0.6) is 5.75 Å². The van der Waals surface area contributed by atoms with E-state index in [9.17, 15) is 9.90 Å². The summed E-state index contributed by atoms with van der Waals surface area (Å²) in [6.07, 6.45) is 0. The van der Waals surface area contributed by atoms with Crippen LogP contribution in [0.25, 0.3) is 0 Å². The molecule has 0 radical (unpaired) electrons. The molecule has 1 aromatic carbocycles. The first-order valence-electron chi connectivity index (χ1n) is 6.00. The van der Waals surface area contributed by atoms with Crippen molar-refractivity contribution in [1.82, 2.24) is 10.2 Å². The maximum atomic E-state index is 11.8. The smallest absolute Gasteiger partial charge is 0.255 e. The van der Waals surface area contributed by atoms with Crippen molar-refractivity contribution in [3.63, 3.8) is 0 Å². The van der Waals surface area contributed by atoms with Crippen molar-refractivity contribution in [3.05, 3.63) is 28.2 Å². The molecule has 0 heterocycles. The normalized spacial score (nSPS) is 10.7. The molecule has 5 nitrogen and oxygen atoms in total. The van der Waals surface area contributed by atoms with Crippen LogP contribution in [0.15, 0.2) is 22.7 Å². The van der Waals surface area contributed by atoms with Gasteiger partial charge in [0.15, 0.2) is 0 Å². The van der Waals surface area contributed by atoms with Gasteiger partial charge >= 0.3 is 0 Å². The molecule has 1 rings (SSSR count). The van der Waals surface area contributed by atoms with Crippen LogP contribution in [0.3, 0.4) is 0 Å². The molecule has 106 valence electrons. The summed E-state index contributed by atoms with van der Waals surface area (Å²) in [5.74, 6) is -0.346. The first-order valence-corrected chi connectivity index (χ1v) is 6.79. The Balaban J connectivity index is 2.28. The van der Waals surface area contributed by atoms with Crippen molar-refractivity contribution in [2.45, 2.75) is 0 Å². The van der Waals surface area contributed by atoms with Gasteiger partial charge in [-0.15, -0.1) is 0 Å². The van der Waals surface area contributed by atoms with Crippen molar-refractivity contribution in [1.29, 1.82) is 0 Å². The average molecular weight is 331 g/mol. The van der Waals surface area contributed by atoms with Crippen LogP contribution >= 0.6 is 15.9 Å². The highest BCUT2D eigenvalue weighted by atomic mass is 79.9. The van der Waals surface area contributed by atoms with Crippen LogP contribution in [-0.4, -0.2) is 56.3 Å². The van der Waals surface area contributed by atoms with Gasteiger partial charge in [0.1, 0.15) is 5.75 Å². The van der Waals surface area contributed by atoms with Gasteiger partial charge in [-0.2, -0.15) is 0 Å². The van der Waals surface area contributed by atoms with Gasteiger partial charge in [-0.05, 0) is 32.3 Å². The van der Waals surface area contributed by atoms with Gasteiger partial charge in [0.2, 0.25) is 0 Å². The summed E-state index contributed by atoms with van der Waals surface area (Å²) in [5, 5.41) is 12.3. The zero-order valence-electron chi connectivity index (χ0n) is 11.1. The van der Waals surface area contributed by atoms with Crippen LogP contribution in [-0.2, 0) is 4.74 Å². The number of hydrogen-bond acceptors (Lipinski definition) is 4. The Morgan fingerprint density at radius 1 is 1.42 bits per heavy atom. The van der Waals surface area contributed by atoms with Gasteiger partial charge in [0.25, 0.3) is 5.91 Å². The molecule has 0 aliphatic rings. The molecular formula is C13H19BrN2O3. The van der Waals surface area contributed by atoms with Crippen molar-refractivity contribution in [2.24, 2.45) is 0 Å². The third-order valence-corrected chi connectivity index (χ3v) is 2.91. The molecule has 0 aliphatic carbocycles. The van der Waals surface area contributed by atoms with E-state index in [0.29, 0.717) is 19.8 Å². The summed E-state index contributed by atoms with van der Waals surface area (Å²) in [6.45, 7) is 2.35. The van der Waals surface area contributed by atoms with E-state index in [1.165, 1.54) is 6.07 Å². The summed E-state index contributed by atoms with van der Waals surface area (Å²) in [6, 6.07) is 4.77. The predicted octanol–water partition coefficient (Wildman–Crippen LogP) is 1.46. The van der Waals surface area contributed by atoms with E-state index in [-0.39, 0.29) is 17.2 Å². The van der Waals surface area contributed by atoms with Crippen molar-refractivity contribution < 1.29 is 14.6 Å². The highest BCUT2D eigenvalue weighted by molar-refractivity contribution is 9.10. The van der Waals surface area contributed by atoms with Crippen LogP contribution in [0, 0.1) is 0 Å². The topological polar surface area (TPSA) is 61.8 Å². The molecule has 0 aromatic heterocycles. The van der Waals surface area contributed by atoms with Crippen LogP contribution in [0.4, 0.5) is 0 Å². The Kier molecular flexibility index (Phi) is 6.83. The fourth-order valence-electron chi connectivity index (χ4n) is 1.38. The Morgan fingerprint density at radius 2 is 2.16 bits per heavy atom. The highest BCUT2D eigenvalue weighted by Crippen LogP contribution is 2.21. The van der Waals surface area contributed by atoms with E-state index in [1.807, 2.05) is 19.0 Å². The molecule has 0 bridgehead atoms. The summed E-state index contributed by atoms with van der Waals surface area (Å²) >= 11 is 3.22. The molecule has 0 spiro atoms. The fourth-order valence-corrected chi connectivity index (χ4v) is 1.73. The molecule has 2 N–H and O–H groups in total. The van der Waals surface area contributed by atoms with Gasteiger partial charge < -0.3 is 20.1 Å². The maximum Gasteiger partial charge on any atom is 0.255 e. The summed E-state index contributed by atoms with van der Waals surface area (Å²) < 4.78 is 6.08. The van der Waals surface area contributed by atoms with E-state index in [2.05, 4.69) is 21.2 Å². The summed E-state index contributed by atoms with van der Waals surface area (Å²) in [5.41, 5.74) is 0.261. The number of ether oxygens (including phenoxy) is 1. The third-order valence-electron chi connectivity index (χ3n) is 2.42. The minimum Gasteiger partial charge on any atom is -0.507 e. The molecule has 0 atom stereocenters. The summed E-state index contributed by atoms with van der Waals surface area (Å²) in [7, 11) is 3.95. The quantitative estimate of drug-likeness (QED) is 0.743. The Bertz CT molecular complexity index is 424. The largest absolute Gasteiger partial charge is 0.507 e. The number of carbonyl (C=O) groups excluding carboxylic acids is 1. The van der Waals surface area contributed by atoms with Gasteiger partial charge in [-0.1, -0.05) is 15.9 Å². The lowest BCUT2D eigenvalue weighted by atomic mass is 10.2. The number of carbonyl (C=O) groups is 1. The number of amides is 1. The van der Waals surface area contributed by atoms with Crippen LogP contribution in [0.1, 0.15) is 10.4 Å². The molecule has 19 heavy (non-hydrogen) atoms. The Hall–Kier alpha value is -1.11. The zero-order chi connectivity index (χ0) is 14.3. The van der Waals surface area contributed by atoms with E-state index >= 15 is 0 Å². The SMILES string of the molecule is CN(C)CCOCCNC(=O)c1ccc(Br)cc1O. The first-order chi connectivity index (χ1) is 9.00. The molecule has 0 saturated heterocycles. The fraction of sp³-hybridized carbons (Fsp3) is 0.462. The second-order valence-corrected chi connectivity index (χ2v) is 5.25. The highest BCUT2D eigenvalue weighted by Gasteiger charge is 2.10.